The summed E-state index contributed by atoms with van der Waals surface area (Å²) in [5, 5.41) is 5.52. The Labute approximate surface area is 169 Å². The van der Waals surface area contributed by atoms with E-state index in [1.807, 2.05) is 0 Å². The van der Waals surface area contributed by atoms with Crippen LogP contribution in [0.2, 0.25) is 0 Å². The highest BCUT2D eigenvalue weighted by atomic mass is 32.1. The highest BCUT2D eigenvalue weighted by molar-refractivity contribution is 7.22. The number of rotatable bonds is 6. The Morgan fingerprint density at radius 2 is 1.76 bits per heavy atom. The van der Waals surface area contributed by atoms with E-state index in [9.17, 15) is 18.4 Å². The molecule has 3 rings (SSSR count). The summed E-state index contributed by atoms with van der Waals surface area (Å²) in [5.41, 5.74) is 0.628. The normalized spacial score (nSPS) is 12.1. The smallest absolute Gasteiger partial charge is 0.251 e. The second-order valence-corrected chi connectivity index (χ2v) is 7.70. The van der Waals surface area contributed by atoms with Crippen molar-refractivity contribution in [3.8, 4) is 5.75 Å². The van der Waals surface area contributed by atoms with E-state index in [0.717, 1.165) is 23.5 Å². The van der Waals surface area contributed by atoms with Gasteiger partial charge in [0.2, 0.25) is 5.91 Å². The standard InChI is InChI=1S/C20H19F2N3O3S/c1-10(2)17(24-18(26)11-4-6-12(28-3)7-5-11)19(27)25-20-23-15-8-13(21)14(22)9-16(15)29-20/h4-10,17H,1-3H3,(H,24,26)(H,23,25,27). The molecule has 0 fully saturated rings. The van der Waals surface area contributed by atoms with Crippen molar-refractivity contribution in [3.05, 3.63) is 53.6 Å². The molecule has 0 bridgehead atoms. The summed E-state index contributed by atoms with van der Waals surface area (Å²) in [7, 11) is 1.53. The quantitative estimate of drug-likeness (QED) is 0.634. The van der Waals surface area contributed by atoms with Gasteiger partial charge in [0.05, 0.1) is 17.3 Å². The molecule has 0 saturated carbocycles. The summed E-state index contributed by atoms with van der Waals surface area (Å²) in [6.07, 6.45) is 0. The zero-order chi connectivity index (χ0) is 21.1. The van der Waals surface area contributed by atoms with Crippen molar-refractivity contribution in [2.24, 2.45) is 5.92 Å². The van der Waals surface area contributed by atoms with Crippen LogP contribution >= 0.6 is 11.3 Å². The number of nitrogens with zero attached hydrogens (tertiary/aromatic N) is 1. The lowest BCUT2D eigenvalue weighted by atomic mass is 10.0. The number of anilines is 1. The molecule has 3 aromatic rings. The molecule has 1 unspecified atom stereocenters. The van der Waals surface area contributed by atoms with E-state index in [0.29, 0.717) is 16.0 Å². The molecular weight excluding hydrogens is 400 g/mol. The van der Waals surface area contributed by atoms with Gasteiger partial charge in [-0.1, -0.05) is 25.2 Å². The summed E-state index contributed by atoms with van der Waals surface area (Å²) in [6, 6.07) is 7.67. The summed E-state index contributed by atoms with van der Waals surface area (Å²) in [4.78, 5) is 29.3. The van der Waals surface area contributed by atoms with E-state index < -0.39 is 29.5 Å². The van der Waals surface area contributed by atoms with Crippen molar-refractivity contribution < 1.29 is 23.1 Å². The molecule has 1 heterocycles. The predicted molar refractivity (Wildman–Crippen MR) is 107 cm³/mol. The van der Waals surface area contributed by atoms with Crippen molar-refractivity contribution >= 4 is 38.5 Å². The van der Waals surface area contributed by atoms with Gasteiger partial charge in [-0.3, -0.25) is 9.59 Å². The van der Waals surface area contributed by atoms with Crippen LogP contribution in [0.25, 0.3) is 10.2 Å². The second-order valence-electron chi connectivity index (χ2n) is 6.67. The van der Waals surface area contributed by atoms with Crippen LogP contribution in [0, 0.1) is 17.6 Å². The third-order valence-electron chi connectivity index (χ3n) is 4.25. The van der Waals surface area contributed by atoms with Gasteiger partial charge in [0, 0.05) is 11.6 Å². The highest BCUT2D eigenvalue weighted by Crippen LogP contribution is 2.28. The van der Waals surface area contributed by atoms with Crippen LogP contribution in [0.1, 0.15) is 24.2 Å². The number of hydrogen-bond donors (Lipinski definition) is 2. The van der Waals surface area contributed by atoms with Gasteiger partial charge in [-0.05, 0) is 36.2 Å². The minimum Gasteiger partial charge on any atom is -0.497 e. The molecule has 0 saturated heterocycles. The third-order valence-corrected chi connectivity index (χ3v) is 5.18. The number of fused-ring (bicyclic) bond motifs is 1. The number of hydrogen-bond acceptors (Lipinski definition) is 5. The number of ether oxygens (including phenoxy) is 1. The van der Waals surface area contributed by atoms with Crippen LogP contribution in [0.4, 0.5) is 13.9 Å². The summed E-state index contributed by atoms with van der Waals surface area (Å²) in [5.74, 6) is -2.46. The molecule has 6 nitrogen and oxygen atoms in total. The van der Waals surface area contributed by atoms with Crippen LogP contribution in [-0.2, 0) is 4.79 Å². The van der Waals surface area contributed by atoms with Crippen LogP contribution < -0.4 is 15.4 Å². The molecule has 0 aliphatic heterocycles. The fraction of sp³-hybridized carbons (Fsp3) is 0.250. The van der Waals surface area contributed by atoms with Crippen LogP contribution in [-0.4, -0.2) is 29.9 Å². The fourth-order valence-corrected chi connectivity index (χ4v) is 3.54. The minimum absolute atomic E-state index is 0.194. The van der Waals surface area contributed by atoms with Gasteiger partial charge < -0.3 is 15.4 Å². The number of thiazole rings is 1. The van der Waals surface area contributed by atoms with E-state index in [4.69, 9.17) is 4.74 Å². The first-order valence-electron chi connectivity index (χ1n) is 8.80. The van der Waals surface area contributed by atoms with Gasteiger partial charge in [0.1, 0.15) is 11.8 Å². The molecule has 1 aromatic heterocycles. The number of amides is 2. The number of nitrogens with one attached hydrogen (secondary N) is 2. The zero-order valence-corrected chi connectivity index (χ0v) is 16.8. The summed E-state index contributed by atoms with van der Waals surface area (Å²) in [6.45, 7) is 3.59. The number of carbonyl (C=O) groups excluding carboxylic acids is 2. The lowest BCUT2D eigenvalue weighted by Crippen LogP contribution is -2.47. The third kappa shape index (κ3) is 4.68. The average Bonchev–Trinajstić information content (AvgIpc) is 3.06. The molecule has 0 radical (unpaired) electrons. The molecule has 1 atom stereocenters. The maximum absolute atomic E-state index is 13.4. The Hall–Kier alpha value is -3.07. The first kappa shape index (κ1) is 20.7. The number of methoxy groups -OCH3 is 1. The minimum atomic E-state index is -1.01. The number of benzene rings is 2. The first-order chi connectivity index (χ1) is 13.8. The van der Waals surface area contributed by atoms with Gasteiger partial charge >= 0.3 is 0 Å². The van der Waals surface area contributed by atoms with Gasteiger partial charge in [-0.25, -0.2) is 13.8 Å². The fourth-order valence-electron chi connectivity index (χ4n) is 2.66. The number of halogens is 2. The Bertz CT molecular complexity index is 1010. The van der Waals surface area contributed by atoms with Crippen molar-refractivity contribution in [2.45, 2.75) is 19.9 Å². The molecule has 152 valence electrons. The molecule has 29 heavy (non-hydrogen) atoms. The van der Waals surface area contributed by atoms with Crippen molar-refractivity contribution in [1.82, 2.24) is 10.3 Å². The van der Waals surface area contributed by atoms with Crippen LogP contribution in [0.3, 0.4) is 0 Å². The molecule has 2 N–H and O–H groups in total. The topological polar surface area (TPSA) is 80.3 Å². The summed E-state index contributed by atoms with van der Waals surface area (Å²) >= 11 is 1.02. The lowest BCUT2D eigenvalue weighted by molar-refractivity contribution is -0.118. The predicted octanol–water partition coefficient (Wildman–Crippen LogP) is 3.98. The van der Waals surface area contributed by atoms with Gasteiger partial charge in [0.25, 0.3) is 5.91 Å². The first-order valence-corrected chi connectivity index (χ1v) is 9.61. The molecule has 2 amide bonds. The second kappa shape index (κ2) is 8.52. The van der Waals surface area contributed by atoms with E-state index >= 15 is 0 Å². The van der Waals surface area contributed by atoms with Gasteiger partial charge in [-0.2, -0.15) is 0 Å². The molecule has 9 heteroatoms. The van der Waals surface area contributed by atoms with Crippen LogP contribution in [0.15, 0.2) is 36.4 Å². The van der Waals surface area contributed by atoms with Crippen molar-refractivity contribution in [3.63, 3.8) is 0 Å². The van der Waals surface area contributed by atoms with E-state index in [1.165, 1.54) is 7.11 Å². The number of aromatic nitrogens is 1. The van der Waals surface area contributed by atoms with Gasteiger partial charge in [-0.15, -0.1) is 0 Å². The van der Waals surface area contributed by atoms with Crippen molar-refractivity contribution in [2.75, 3.05) is 12.4 Å². The molecular formula is C20H19F2N3O3S. The van der Waals surface area contributed by atoms with Gasteiger partial charge in [0.15, 0.2) is 16.8 Å². The maximum Gasteiger partial charge on any atom is 0.251 e. The van der Waals surface area contributed by atoms with Crippen LogP contribution in [0.5, 0.6) is 5.75 Å². The van der Waals surface area contributed by atoms with E-state index in [-0.39, 0.29) is 16.6 Å². The Morgan fingerprint density at radius 1 is 1.10 bits per heavy atom. The molecule has 0 aliphatic carbocycles. The van der Waals surface area contributed by atoms with E-state index in [2.05, 4.69) is 15.6 Å². The Balaban J connectivity index is 1.74. The molecule has 2 aromatic carbocycles. The zero-order valence-electron chi connectivity index (χ0n) is 16.0. The Morgan fingerprint density at radius 3 is 2.38 bits per heavy atom. The maximum atomic E-state index is 13.4. The molecule has 0 spiro atoms. The molecule has 0 aliphatic rings. The largest absolute Gasteiger partial charge is 0.497 e. The number of carbonyl (C=O) groups is 2. The SMILES string of the molecule is COc1ccc(C(=O)NC(C(=O)Nc2nc3cc(F)c(F)cc3s2)C(C)C)cc1. The average molecular weight is 419 g/mol. The monoisotopic (exact) mass is 419 g/mol. The summed E-state index contributed by atoms with van der Waals surface area (Å²) < 4.78 is 32.2. The van der Waals surface area contributed by atoms with Crippen molar-refractivity contribution in [1.29, 1.82) is 0 Å². The Kier molecular flexibility index (Phi) is 6.07. The highest BCUT2D eigenvalue weighted by Gasteiger charge is 2.26. The lowest BCUT2D eigenvalue weighted by Gasteiger charge is -2.21. The van der Waals surface area contributed by atoms with E-state index in [1.54, 1.807) is 38.1 Å².